The van der Waals surface area contributed by atoms with E-state index < -0.39 is 0 Å². The molecule has 1 aromatic carbocycles. The third-order valence-corrected chi connectivity index (χ3v) is 3.03. The van der Waals surface area contributed by atoms with E-state index in [0.29, 0.717) is 12.2 Å². The molecule has 19 heavy (non-hydrogen) atoms. The van der Waals surface area contributed by atoms with Crippen molar-refractivity contribution < 1.29 is 5.11 Å². The topological polar surface area (TPSA) is 76.2 Å². The molecular weight excluding hydrogens is 242 g/mol. The van der Waals surface area contributed by atoms with E-state index in [1.807, 2.05) is 26.0 Å². The van der Waals surface area contributed by atoms with E-state index in [2.05, 4.69) is 20.3 Å². The molecule has 6 nitrogen and oxygen atoms in total. The third kappa shape index (κ3) is 2.12. The highest BCUT2D eigenvalue weighted by Crippen LogP contribution is 2.13. The van der Waals surface area contributed by atoms with Crippen LogP contribution in [0.2, 0.25) is 0 Å². The Balaban J connectivity index is 2.01. The van der Waals surface area contributed by atoms with Crippen molar-refractivity contribution in [2.45, 2.75) is 20.3 Å². The van der Waals surface area contributed by atoms with Crippen molar-refractivity contribution in [2.24, 2.45) is 0 Å². The highest BCUT2D eigenvalue weighted by atomic mass is 16.3. The van der Waals surface area contributed by atoms with Crippen molar-refractivity contribution in [3.05, 3.63) is 47.0 Å². The second kappa shape index (κ2) is 4.31. The quantitative estimate of drug-likeness (QED) is 0.749. The fourth-order valence-corrected chi connectivity index (χ4v) is 1.83. The summed E-state index contributed by atoms with van der Waals surface area (Å²) in [4.78, 5) is 4.34. The molecule has 2 aromatic heterocycles. The number of hydrogen-bond donors (Lipinski definition) is 1. The van der Waals surface area contributed by atoms with Crippen LogP contribution in [0.4, 0.5) is 0 Å². The molecule has 0 aliphatic rings. The molecule has 0 aliphatic carbocycles. The normalized spacial score (nSPS) is 11.1. The molecule has 0 amide bonds. The molecule has 0 aliphatic heterocycles. The number of aromatic nitrogens is 5. The van der Waals surface area contributed by atoms with Gasteiger partial charge in [-0.2, -0.15) is 9.61 Å². The lowest BCUT2D eigenvalue weighted by Crippen LogP contribution is -2.05. The highest BCUT2D eigenvalue weighted by molar-refractivity contribution is 5.31. The average molecular weight is 255 g/mol. The zero-order chi connectivity index (χ0) is 13.4. The van der Waals surface area contributed by atoms with Gasteiger partial charge >= 0.3 is 0 Å². The Morgan fingerprint density at radius 2 is 1.79 bits per heavy atom. The standard InChI is InChI=1S/C13H13N5O/c1-8-9(2)17-18-12(15-16-13(18)14-8)7-10-3-5-11(19)6-4-10/h3-6,19H,7H2,1-2H3. The summed E-state index contributed by atoms with van der Waals surface area (Å²) in [5.41, 5.74) is 2.75. The number of fused-ring (bicyclic) bond motifs is 1. The zero-order valence-electron chi connectivity index (χ0n) is 10.7. The summed E-state index contributed by atoms with van der Waals surface area (Å²) in [5, 5.41) is 21.8. The summed E-state index contributed by atoms with van der Waals surface area (Å²) in [6.07, 6.45) is 0.596. The van der Waals surface area contributed by atoms with E-state index in [4.69, 9.17) is 0 Å². The van der Waals surface area contributed by atoms with Gasteiger partial charge in [-0.1, -0.05) is 12.1 Å². The van der Waals surface area contributed by atoms with Crippen LogP contribution in [0.3, 0.4) is 0 Å². The molecule has 3 rings (SSSR count). The summed E-state index contributed by atoms with van der Waals surface area (Å²) >= 11 is 0. The number of aryl methyl sites for hydroxylation is 2. The highest BCUT2D eigenvalue weighted by Gasteiger charge is 2.10. The zero-order valence-corrected chi connectivity index (χ0v) is 10.7. The molecule has 0 saturated carbocycles. The van der Waals surface area contributed by atoms with E-state index in [-0.39, 0.29) is 5.75 Å². The fraction of sp³-hybridized carbons (Fsp3) is 0.231. The first-order valence-electron chi connectivity index (χ1n) is 5.97. The maximum absolute atomic E-state index is 9.27. The van der Waals surface area contributed by atoms with E-state index >= 15 is 0 Å². The molecule has 0 fully saturated rings. The van der Waals surface area contributed by atoms with Gasteiger partial charge in [-0.05, 0) is 31.5 Å². The van der Waals surface area contributed by atoms with Gasteiger partial charge in [0.05, 0.1) is 11.4 Å². The minimum Gasteiger partial charge on any atom is -0.508 e. The van der Waals surface area contributed by atoms with E-state index in [1.54, 1.807) is 16.6 Å². The molecule has 0 unspecified atom stereocenters. The van der Waals surface area contributed by atoms with Gasteiger partial charge < -0.3 is 5.11 Å². The molecule has 96 valence electrons. The summed E-state index contributed by atoms with van der Waals surface area (Å²) in [5.74, 6) is 1.49. The molecule has 0 radical (unpaired) electrons. The van der Waals surface area contributed by atoms with Crippen molar-refractivity contribution in [2.75, 3.05) is 0 Å². The molecule has 0 bridgehead atoms. The van der Waals surface area contributed by atoms with Gasteiger partial charge in [0.25, 0.3) is 5.78 Å². The van der Waals surface area contributed by atoms with Crippen molar-refractivity contribution in [1.82, 2.24) is 24.8 Å². The number of phenolic OH excluding ortho intramolecular Hbond substituents is 1. The van der Waals surface area contributed by atoms with Crippen LogP contribution in [0.5, 0.6) is 5.75 Å². The number of rotatable bonds is 2. The summed E-state index contributed by atoms with van der Waals surface area (Å²) in [6.45, 7) is 3.81. The lowest BCUT2D eigenvalue weighted by atomic mass is 10.1. The minimum atomic E-state index is 0.251. The maximum Gasteiger partial charge on any atom is 0.272 e. The molecule has 6 heteroatoms. The van der Waals surface area contributed by atoms with Gasteiger partial charge in [-0.15, -0.1) is 10.2 Å². The van der Waals surface area contributed by atoms with Crippen molar-refractivity contribution in [3.63, 3.8) is 0 Å². The van der Waals surface area contributed by atoms with Gasteiger partial charge in [-0.3, -0.25) is 0 Å². The molecule has 2 heterocycles. The Morgan fingerprint density at radius 1 is 1.05 bits per heavy atom. The van der Waals surface area contributed by atoms with Crippen molar-refractivity contribution >= 4 is 5.78 Å². The Labute approximate surface area is 109 Å². The number of hydrogen-bond acceptors (Lipinski definition) is 5. The van der Waals surface area contributed by atoms with E-state index in [9.17, 15) is 5.11 Å². The second-order valence-electron chi connectivity index (χ2n) is 4.45. The predicted octanol–water partition coefficient (Wildman–Crippen LogP) is 1.43. The Hall–Kier alpha value is -2.50. The van der Waals surface area contributed by atoms with Crippen LogP contribution >= 0.6 is 0 Å². The van der Waals surface area contributed by atoms with Crippen LogP contribution in [0, 0.1) is 13.8 Å². The number of benzene rings is 1. The van der Waals surface area contributed by atoms with Gasteiger partial charge in [0.15, 0.2) is 5.82 Å². The van der Waals surface area contributed by atoms with Gasteiger partial charge in [-0.25, -0.2) is 4.98 Å². The Kier molecular flexibility index (Phi) is 2.63. The first-order valence-corrected chi connectivity index (χ1v) is 5.97. The van der Waals surface area contributed by atoms with Crippen LogP contribution in [0.25, 0.3) is 5.78 Å². The molecule has 0 spiro atoms. The van der Waals surface area contributed by atoms with Gasteiger partial charge in [0.1, 0.15) is 5.75 Å². The number of nitrogens with zero attached hydrogens (tertiary/aromatic N) is 5. The maximum atomic E-state index is 9.27. The lowest BCUT2D eigenvalue weighted by Gasteiger charge is -2.02. The van der Waals surface area contributed by atoms with E-state index in [0.717, 1.165) is 22.8 Å². The lowest BCUT2D eigenvalue weighted by molar-refractivity contribution is 0.475. The largest absolute Gasteiger partial charge is 0.508 e. The van der Waals surface area contributed by atoms with Crippen LogP contribution in [-0.4, -0.2) is 29.9 Å². The molecule has 0 saturated heterocycles. The third-order valence-electron chi connectivity index (χ3n) is 3.03. The van der Waals surface area contributed by atoms with Crippen molar-refractivity contribution in [3.8, 4) is 5.75 Å². The second-order valence-corrected chi connectivity index (χ2v) is 4.45. The summed E-state index contributed by atoms with van der Waals surface area (Å²) in [6, 6.07) is 7.01. The monoisotopic (exact) mass is 255 g/mol. The van der Waals surface area contributed by atoms with Gasteiger partial charge in [0.2, 0.25) is 0 Å². The fourth-order valence-electron chi connectivity index (χ4n) is 1.83. The SMILES string of the molecule is Cc1nc2nnc(Cc3ccc(O)cc3)n2nc1C. The number of phenols is 1. The minimum absolute atomic E-state index is 0.251. The van der Waals surface area contributed by atoms with Crippen LogP contribution in [0.1, 0.15) is 22.8 Å². The first-order chi connectivity index (χ1) is 9.13. The smallest absolute Gasteiger partial charge is 0.272 e. The molecule has 1 N–H and O–H groups in total. The average Bonchev–Trinajstić information content (AvgIpc) is 2.76. The van der Waals surface area contributed by atoms with E-state index in [1.165, 1.54) is 0 Å². The van der Waals surface area contributed by atoms with Crippen LogP contribution < -0.4 is 0 Å². The van der Waals surface area contributed by atoms with Crippen LogP contribution in [0.15, 0.2) is 24.3 Å². The van der Waals surface area contributed by atoms with Gasteiger partial charge in [0, 0.05) is 6.42 Å². The molecule has 0 atom stereocenters. The Bertz CT molecular complexity index is 733. The van der Waals surface area contributed by atoms with Crippen LogP contribution in [-0.2, 0) is 6.42 Å². The summed E-state index contributed by atoms with van der Waals surface area (Å²) in [7, 11) is 0. The molecule has 3 aromatic rings. The first kappa shape index (κ1) is 11.6. The summed E-state index contributed by atoms with van der Waals surface area (Å²) < 4.78 is 1.66. The number of aromatic hydroxyl groups is 1. The Morgan fingerprint density at radius 3 is 2.53 bits per heavy atom. The van der Waals surface area contributed by atoms with Crippen molar-refractivity contribution in [1.29, 1.82) is 0 Å². The molecular formula is C13H13N5O. The predicted molar refractivity (Wildman–Crippen MR) is 69.0 cm³/mol.